The Labute approximate surface area is 146 Å². The SMILES string of the molecule is Cc1ccccc1OC1CCN(C(=O)[C@H](O)c2ccc(F)cc2)CC1. The summed E-state index contributed by atoms with van der Waals surface area (Å²) >= 11 is 0. The first kappa shape index (κ1) is 17.4. The zero-order valence-electron chi connectivity index (χ0n) is 14.2. The van der Waals surface area contributed by atoms with Gasteiger partial charge in [0.05, 0.1) is 0 Å². The van der Waals surface area contributed by atoms with Gasteiger partial charge < -0.3 is 14.7 Å². The summed E-state index contributed by atoms with van der Waals surface area (Å²) in [6, 6.07) is 13.2. The first-order valence-electron chi connectivity index (χ1n) is 8.49. The Bertz CT molecular complexity index is 724. The lowest BCUT2D eigenvalue weighted by Crippen LogP contribution is -2.43. The predicted octanol–water partition coefficient (Wildman–Crippen LogP) is 3.24. The van der Waals surface area contributed by atoms with Gasteiger partial charge in [-0.15, -0.1) is 0 Å². The van der Waals surface area contributed by atoms with Gasteiger partial charge in [-0.1, -0.05) is 30.3 Å². The standard InChI is InChI=1S/C20H22FNO3/c1-14-4-2-3-5-18(14)25-17-10-12-22(13-11-17)20(24)19(23)15-6-8-16(21)9-7-15/h2-9,17,19,23H,10-13H2,1H3/t19-/m1/s1. The van der Waals surface area contributed by atoms with E-state index in [1.165, 1.54) is 24.3 Å². The Morgan fingerprint density at radius 1 is 1.16 bits per heavy atom. The van der Waals surface area contributed by atoms with Crippen molar-refractivity contribution < 1.29 is 19.0 Å². The number of rotatable bonds is 4. The molecule has 0 radical (unpaired) electrons. The van der Waals surface area contributed by atoms with E-state index in [9.17, 15) is 14.3 Å². The monoisotopic (exact) mass is 343 g/mol. The minimum absolute atomic E-state index is 0.0631. The van der Waals surface area contributed by atoms with Crippen LogP contribution in [0.4, 0.5) is 4.39 Å². The van der Waals surface area contributed by atoms with Crippen molar-refractivity contribution in [3.63, 3.8) is 0 Å². The van der Waals surface area contributed by atoms with Gasteiger partial charge in [0.2, 0.25) is 0 Å². The van der Waals surface area contributed by atoms with Crippen molar-refractivity contribution in [2.45, 2.75) is 32.0 Å². The van der Waals surface area contributed by atoms with Gasteiger partial charge in [0.1, 0.15) is 17.7 Å². The zero-order chi connectivity index (χ0) is 17.8. The van der Waals surface area contributed by atoms with E-state index in [4.69, 9.17) is 4.74 Å². The number of aliphatic hydroxyl groups is 1. The molecule has 25 heavy (non-hydrogen) atoms. The maximum absolute atomic E-state index is 13.0. The van der Waals surface area contributed by atoms with Crippen LogP contribution in [0.1, 0.15) is 30.1 Å². The van der Waals surface area contributed by atoms with Crippen molar-refractivity contribution >= 4 is 5.91 Å². The highest BCUT2D eigenvalue weighted by atomic mass is 19.1. The van der Waals surface area contributed by atoms with Crippen molar-refractivity contribution in [3.8, 4) is 5.75 Å². The second-order valence-corrected chi connectivity index (χ2v) is 6.36. The van der Waals surface area contributed by atoms with Gasteiger partial charge >= 0.3 is 0 Å². The van der Waals surface area contributed by atoms with E-state index in [1.54, 1.807) is 4.90 Å². The highest BCUT2D eigenvalue weighted by Crippen LogP contribution is 2.24. The summed E-state index contributed by atoms with van der Waals surface area (Å²) in [6.45, 7) is 3.08. The van der Waals surface area contributed by atoms with Crippen molar-refractivity contribution in [2.24, 2.45) is 0 Å². The van der Waals surface area contributed by atoms with Crippen LogP contribution in [0.2, 0.25) is 0 Å². The number of hydrogen-bond acceptors (Lipinski definition) is 3. The number of aliphatic hydroxyl groups excluding tert-OH is 1. The molecule has 0 aliphatic carbocycles. The molecular weight excluding hydrogens is 321 g/mol. The van der Waals surface area contributed by atoms with Crippen LogP contribution in [-0.4, -0.2) is 35.1 Å². The lowest BCUT2D eigenvalue weighted by molar-refractivity contribution is -0.142. The molecule has 0 bridgehead atoms. The summed E-state index contributed by atoms with van der Waals surface area (Å²) in [5, 5.41) is 10.2. The Morgan fingerprint density at radius 3 is 2.44 bits per heavy atom. The Morgan fingerprint density at radius 2 is 1.80 bits per heavy atom. The van der Waals surface area contributed by atoms with Gasteiger partial charge in [0.15, 0.2) is 6.10 Å². The van der Waals surface area contributed by atoms with Gasteiger partial charge in [-0.05, 0) is 36.2 Å². The first-order chi connectivity index (χ1) is 12.0. The van der Waals surface area contributed by atoms with Crippen molar-refractivity contribution in [1.82, 2.24) is 4.90 Å². The summed E-state index contributed by atoms with van der Waals surface area (Å²) in [6.07, 6.45) is 0.245. The number of likely N-dealkylation sites (tertiary alicyclic amines) is 1. The molecule has 0 spiro atoms. The molecular formula is C20H22FNO3. The maximum atomic E-state index is 13.0. The largest absolute Gasteiger partial charge is 0.490 e. The fraction of sp³-hybridized carbons (Fsp3) is 0.350. The number of halogens is 1. The molecule has 0 aromatic heterocycles. The van der Waals surface area contributed by atoms with E-state index in [1.807, 2.05) is 31.2 Å². The van der Waals surface area contributed by atoms with Crippen LogP contribution in [0, 0.1) is 12.7 Å². The van der Waals surface area contributed by atoms with E-state index >= 15 is 0 Å². The van der Waals surface area contributed by atoms with Gasteiger partial charge in [-0.3, -0.25) is 4.79 Å². The minimum atomic E-state index is -1.26. The molecule has 3 rings (SSSR count). The summed E-state index contributed by atoms with van der Waals surface area (Å²) in [4.78, 5) is 14.1. The smallest absolute Gasteiger partial charge is 0.256 e. The van der Waals surface area contributed by atoms with E-state index in [0.717, 1.165) is 24.2 Å². The van der Waals surface area contributed by atoms with Crippen molar-refractivity contribution in [3.05, 3.63) is 65.5 Å². The molecule has 1 aliphatic heterocycles. The van der Waals surface area contributed by atoms with E-state index in [0.29, 0.717) is 18.7 Å². The molecule has 4 nitrogen and oxygen atoms in total. The summed E-state index contributed by atoms with van der Waals surface area (Å²) in [5.74, 6) is 0.136. The van der Waals surface area contributed by atoms with E-state index < -0.39 is 11.9 Å². The second kappa shape index (κ2) is 7.66. The third kappa shape index (κ3) is 4.17. The molecule has 0 saturated carbocycles. The number of carbonyl (C=O) groups is 1. The molecule has 5 heteroatoms. The molecule has 132 valence electrons. The molecule has 1 amide bonds. The Balaban J connectivity index is 1.55. The normalized spacial score (nSPS) is 16.5. The highest BCUT2D eigenvalue weighted by Gasteiger charge is 2.28. The number of hydrogen-bond donors (Lipinski definition) is 1. The zero-order valence-corrected chi connectivity index (χ0v) is 14.2. The van der Waals surface area contributed by atoms with Gasteiger partial charge in [-0.25, -0.2) is 4.39 Å². The molecule has 1 saturated heterocycles. The molecule has 2 aromatic rings. The van der Waals surface area contributed by atoms with E-state index in [-0.39, 0.29) is 12.0 Å². The predicted molar refractivity (Wildman–Crippen MR) is 92.8 cm³/mol. The average molecular weight is 343 g/mol. The summed E-state index contributed by atoms with van der Waals surface area (Å²) in [5.41, 5.74) is 1.50. The van der Waals surface area contributed by atoms with Crippen molar-refractivity contribution in [1.29, 1.82) is 0 Å². The second-order valence-electron chi connectivity index (χ2n) is 6.36. The Hall–Kier alpha value is -2.40. The van der Waals surface area contributed by atoms with Crippen LogP contribution in [0.3, 0.4) is 0 Å². The average Bonchev–Trinajstić information content (AvgIpc) is 2.64. The molecule has 2 aromatic carbocycles. The number of aryl methyl sites for hydroxylation is 1. The van der Waals surface area contributed by atoms with Crippen LogP contribution < -0.4 is 4.74 Å². The van der Waals surface area contributed by atoms with Crippen LogP contribution in [-0.2, 0) is 4.79 Å². The lowest BCUT2D eigenvalue weighted by atomic mass is 10.0. The highest BCUT2D eigenvalue weighted by molar-refractivity contribution is 5.82. The third-order valence-corrected chi connectivity index (χ3v) is 4.56. The number of piperidine rings is 1. The maximum Gasteiger partial charge on any atom is 0.256 e. The number of nitrogens with zero attached hydrogens (tertiary/aromatic N) is 1. The number of amides is 1. The lowest BCUT2D eigenvalue weighted by Gasteiger charge is -2.33. The van der Waals surface area contributed by atoms with E-state index in [2.05, 4.69) is 0 Å². The van der Waals surface area contributed by atoms with Gasteiger partial charge in [-0.2, -0.15) is 0 Å². The fourth-order valence-corrected chi connectivity index (χ4v) is 3.02. The van der Waals surface area contributed by atoms with Crippen molar-refractivity contribution in [2.75, 3.05) is 13.1 Å². The number of benzene rings is 2. The molecule has 0 unspecified atom stereocenters. The number of carbonyl (C=O) groups excluding carboxylic acids is 1. The van der Waals surface area contributed by atoms with Gasteiger partial charge in [0.25, 0.3) is 5.91 Å². The third-order valence-electron chi connectivity index (χ3n) is 4.56. The first-order valence-corrected chi connectivity index (χ1v) is 8.49. The molecule has 1 N–H and O–H groups in total. The van der Waals surface area contributed by atoms with Gasteiger partial charge in [0, 0.05) is 25.9 Å². The number of para-hydroxylation sites is 1. The fourth-order valence-electron chi connectivity index (χ4n) is 3.02. The van der Waals surface area contributed by atoms with Crippen LogP contribution in [0.15, 0.2) is 48.5 Å². The minimum Gasteiger partial charge on any atom is -0.490 e. The Kier molecular flexibility index (Phi) is 5.34. The quantitative estimate of drug-likeness (QED) is 0.927. The summed E-state index contributed by atoms with van der Waals surface area (Å²) < 4.78 is 19.0. The number of ether oxygens (including phenoxy) is 1. The topological polar surface area (TPSA) is 49.8 Å². The molecule has 1 atom stereocenters. The van der Waals surface area contributed by atoms with Crippen LogP contribution in [0.5, 0.6) is 5.75 Å². The molecule has 1 fully saturated rings. The molecule has 1 heterocycles. The van der Waals surface area contributed by atoms with Crippen LogP contribution >= 0.6 is 0 Å². The summed E-state index contributed by atoms with van der Waals surface area (Å²) in [7, 11) is 0. The molecule has 1 aliphatic rings. The van der Waals surface area contributed by atoms with Crippen LogP contribution in [0.25, 0.3) is 0 Å².